The van der Waals surface area contributed by atoms with Gasteiger partial charge in [-0.2, -0.15) is 5.10 Å². The van der Waals surface area contributed by atoms with Crippen LogP contribution in [0.2, 0.25) is 5.02 Å². The Morgan fingerprint density at radius 3 is 2.82 bits per heavy atom. The maximum absolute atomic E-state index is 11.3. The lowest BCUT2D eigenvalue weighted by atomic mass is 10.3. The molecule has 6 nitrogen and oxygen atoms in total. The molecule has 1 aromatic rings. The van der Waals surface area contributed by atoms with E-state index in [-0.39, 0.29) is 12.3 Å². The van der Waals surface area contributed by atoms with E-state index in [9.17, 15) is 9.59 Å². The van der Waals surface area contributed by atoms with Crippen LogP contribution in [0.15, 0.2) is 12.4 Å². The number of aryl methyl sites for hydroxylation is 1. The van der Waals surface area contributed by atoms with Gasteiger partial charge in [-0.1, -0.05) is 11.6 Å². The summed E-state index contributed by atoms with van der Waals surface area (Å²) in [5, 5.41) is 15.5. The maximum atomic E-state index is 11.3. The van der Waals surface area contributed by atoms with Crippen molar-refractivity contribution in [3.8, 4) is 0 Å². The molecule has 0 unspecified atom stereocenters. The largest absolute Gasteiger partial charge is 0.481 e. The first kappa shape index (κ1) is 13.5. The van der Waals surface area contributed by atoms with Crippen molar-refractivity contribution < 1.29 is 14.7 Å². The third kappa shape index (κ3) is 5.91. The molecule has 17 heavy (non-hydrogen) atoms. The van der Waals surface area contributed by atoms with Crippen LogP contribution in [0.4, 0.5) is 0 Å². The number of amides is 1. The highest BCUT2D eigenvalue weighted by Crippen LogP contribution is 2.04. The van der Waals surface area contributed by atoms with E-state index in [2.05, 4.69) is 10.4 Å². The summed E-state index contributed by atoms with van der Waals surface area (Å²) in [6.07, 6.45) is 3.94. The third-order valence-electron chi connectivity index (χ3n) is 2.06. The van der Waals surface area contributed by atoms with Gasteiger partial charge in [-0.05, 0) is 6.42 Å². The second-order valence-electron chi connectivity index (χ2n) is 3.52. The van der Waals surface area contributed by atoms with Gasteiger partial charge in [-0.25, -0.2) is 0 Å². The molecule has 0 saturated heterocycles. The van der Waals surface area contributed by atoms with Crippen molar-refractivity contribution in [2.24, 2.45) is 0 Å². The number of nitrogens with one attached hydrogen (secondary N) is 1. The standard InChI is InChI=1S/C10H14ClN3O3/c11-8-6-13-14(7-8)5-3-9(15)12-4-1-2-10(16)17/h6-7H,1-5H2,(H,12,15)(H,16,17). The Morgan fingerprint density at radius 2 is 2.24 bits per heavy atom. The van der Waals surface area contributed by atoms with Crippen LogP contribution in [-0.4, -0.2) is 33.3 Å². The van der Waals surface area contributed by atoms with Crippen molar-refractivity contribution in [2.45, 2.75) is 25.8 Å². The zero-order valence-corrected chi connectivity index (χ0v) is 9.98. The fraction of sp³-hybridized carbons (Fsp3) is 0.500. The first-order valence-electron chi connectivity index (χ1n) is 5.24. The molecular formula is C10H14ClN3O3. The van der Waals surface area contributed by atoms with E-state index in [0.29, 0.717) is 31.0 Å². The van der Waals surface area contributed by atoms with Gasteiger partial charge >= 0.3 is 5.97 Å². The van der Waals surface area contributed by atoms with Gasteiger partial charge in [0, 0.05) is 32.1 Å². The predicted octanol–water partition coefficient (Wildman–Crippen LogP) is 0.908. The zero-order chi connectivity index (χ0) is 12.7. The number of carboxylic acid groups (broad SMARTS) is 1. The van der Waals surface area contributed by atoms with Crippen LogP contribution in [-0.2, 0) is 16.1 Å². The van der Waals surface area contributed by atoms with E-state index < -0.39 is 5.97 Å². The molecule has 0 aliphatic carbocycles. The van der Waals surface area contributed by atoms with Gasteiger partial charge in [-0.3, -0.25) is 14.3 Å². The Bertz CT molecular complexity index is 392. The summed E-state index contributed by atoms with van der Waals surface area (Å²) >= 11 is 5.67. The van der Waals surface area contributed by atoms with E-state index >= 15 is 0 Å². The lowest BCUT2D eigenvalue weighted by Crippen LogP contribution is -2.25. The maximum Gasteiger partial charge on any atom is 0.303 e. The third-order valence-corrected chi connectivity index (χ3v) is 2.25. The number of carbonyl (C=O) groups is 2. The normalized spacial score (nSPS) is 10.2. The molecule has 0 radical (unpaired) electrons. The topological polar surface area (TPSA) is 84.2 Å². The van der Waals surface area contributed by atoms with Crippen LogP contribution in [0.5, 0.6) is 0 Å². The quantitative estimate of drug-likeness (QED) is 0.713. The van der Waals surface area contributed by atoms with E-state index in [4.69, 9.17) is 16.7 Å². The molecule has 1 amide bonds. The van der Waals surface area contributed by atoms with Crippen molar-refractivity contribution in [3.05, 3.63) is 17.4 Å². The molecule has 0 aromatic carbocycles. The van der Waals surface area contributed by atoms with Crippen molar-refractivity contribution in [1.82, 2.24) is 15.1 Å². The molecule has 0 saturated carbocycles. The van der Waals surface area contributed by atoms with Gasteiger partial charge in [0.2, 0.25) is 5.91 Å². The molecule has 94 valence electrons. The number of halogens is 1. The molecule has 7 heteroatoms. The summed E-state index contributed by atoms with van der Waals surface area (Å²) in [5.41, 5.74) is 0. The fourth-order valence-corrected chi connectivity index (χ4v) is 1.39. The van der Waals surface area contributed by atoms with Gasteiger partial charge < -0.3 is 10.4 Å². The summed E-state index contributed by atoms with van der Waals surface area (Å²) in [5.74, 6) is -0.979. The van der Waals surface area contributed by atoms with E-state index in [1.165, 1.54) is 6.20 Å². The Hall–Kier alpha value is -1.56. The smallest absolute Gasteiger partial charge is 0.303 e. The molecule has 0 aliphatic heterocycles. The number of hydrogen-bond donors (Lipinski definition) is 2. The van der Waals surface area contributed by atoms with Gasteiger partial charge in [0.15, 0.2) is 0 Å². The lowest BCUT2D eigenvalue weighted by Gasteiger charge is -2.04. The monoisotopic (exact) mass is 259 g/mol. The van der Waals surface area contributed by atoms with Gasteiger partial charge in [0.25, 0.3) is 0 Å². The number of aromatic nitrogens is 2. The van der Waals surface area contributed by atoms with E-state index in [1.807, 2.05) is 0 Å². The molecule has 0 spiro atoms. The molecule has 0 bridgehead atoms. The molecule has 2 N–H and O–H groups in total. The van der Waals surface area contributed by atoms with Gasteiger partial charge in [0.1, 0.15) is 0 Å². The number of carbonyl (C=O) groups excluding carboxylic acids is 1. The van der Waals surface area contributed by atoms with Gasteiger partial charge in [0.05, 0.1) is 11.2 Å². The van der Waals surface area contributed by atoms with Crippen LogP contribution >= 0.6 is 11.6 Å². The summed E-state index contributed by atoms with van der Waals surface area (Å²) in [7, 11) is 0. The number of carboxylic acids is 1. The highest BCUT2D eigenvalue weighted by atomic mass is 35.5. The molecular weight excluding hydrogens is 246 g/mol. The predicted molar refractivity (Wildman–Crippen MR) is 61.7 cm³/mol. The van der Waals surface area contributed by atoms with Crippen LogP contribution in [0, 0.1) is 0 Å². The summed E-state index contributed by atoms with van der Waals surface area (Å²) in [4.78, 5) is 21.6. The Morgan fingerprint density at radius 1 is 1.47 bits per heavy atom. The number of rotatable bonds is 7. The lowest BCUT2D eigenvalue weighted by molar-refractivity contribution is -0.137. The van der Waals surface area contributed by atoms with Gasteiger partial charge in [-0.15, -0.1) is 0 Å². The molecule has 0 atom stereocenters. The van der Waals surface area contributed by atoms with Crippen LogP contribution < -0.4 is 5.32 Å². The molecule has 0 aliphatic rings. The summed E-state index contributed by atoms with van der Waals surface area (Å²) in [6, 6.07) is 0. The van der Waals surface area contributed by atoms with E-state index in [0.717, 1.165) is 0 Å². The minimum absolute atomic E-state index is 0.0645. The first-order chi connectivity index (χ1) is 8.08. The minimum atomic E-state index is -0.856. The number of hydrogen-bond acceptors (Lipinski definition) is 3. The van der Waals surface area contributed by atoms with Crippen molar-refractivity contribution in [2.75, 3.05) is 6.54 Å². The number of aliphatic carboxylic acids is 1. The van der Waals surface area contributed by atoms with Crippen molar-refractivity contribution >= 4 is 23.5 Å². The SMILES string of the molecule is O=C(O)CCCNC(=O)CCn1cc(Cl)cn1. The van der Waals surface area contributed by atoms with Crippen LogP contribution in [0.3, 0.4) is 0 Å². The Kier molecular flexibility index (Phi) is 5.48. The molecule has 1 heterocycles. The van der Waals surface area contributed by atoms with Crippen molar-refractivity contribution in [3.63, 3.8) is 0 Å². The average molecular weight is 260 g/mol. The first-order valence-corrected chi connectivity index (χ1v) is 5.62. The Balaban J connectivity index is 2.11. The van der Waals surface area contributed by atoms with E-state index in [1.54, 1.807) is 10.9 Å². The fourth-order valence-electron chi connectivity index (χ4n) is 1.23. The average Bonchev–Trinajstić information content (AvgIpc) is 2.67. The summed E-state index contributed by atoms with van der Waals surface area (Å²) in [6.45, 7) is 0.836. The molecule has 1 aromatic heterocycles. The molecule has 1 rings (SSSR count). The second-order valence-corrected chi connectivity index (χ2v) is 3.96. The number of nitrogens with zero attached hydrogens (tertiary/aromatic N) is 2. The van der Waals surface area contributed by atoms with Crippen LogP contribution in [0.25, 0.3) is 0 Å². The summed E-state index contributed by atoms with van der Waals surface area (Å²) < 4.78 is 1.58. The molecule has 0 fully saturated rings. The second kappa shape index (κ2) is 6.90. The highest BCUT2D eigenvalue weighted by Gasteiger charge is 2.03. The van der Waals surface area contributed by atoms with Crippen LogP contribution in [0.1, 0.15) is 19.3 Å². The minimum Gasteiger partial charge on any atom is -0.481 e. The highest BCUT2D eigenvalue weighted by molar-refractivity contribution is 6.30. The zero-order valence-electron chi connectivity index (χ0n) is 9.23. The Labute approximate surface area is 104 Å². The van der Waals surface area contributed by atoms with Crippen molar-refractivity contribution in [1.29, 1.82) is 0 Å².